The highest BCUT2D eigenvalue weighted by Crippen LogP contribution is 2.51. The lowest BCUT2D eigenvalue weighted by Gasteiger charge is -2.18. The first kappa shape index (κ1) is 20.7. The van der Waals surface area contributed by atoms with Crippen LogP contribution in [0.2, 0.25) is 0 Å². The van der Waals surface area contributed by atoms with Gasteiger partial charge in [0.05, 0.1) is 11.0 Å². The van der Waals surface area contributed by atoms with Crippen molar-refractivity contribution in [3.05, 3.63) is 182 Å². The van der Waals surface area contributed by atoms with Gasteiger partial charge in [0.2, 0.25) is 0 Å². The van der Waals surface area contributed by atoms with E-state index in [1.54, 1.807) is 24.3 Å². The number of hydrogen-bond donors (Lipinski definition) is 0. The number of benzene rings is 9. The second-order valence-electron chi connectivity index (χ2n) is 12.2. The first-order valence-electron chi connectivity index (χ1n) is 20.2. The Morgan fingerprint density at radius 3 is 1.67 bits per heavy atom. The third-order valence-electron chi connectivity index (χ3n) is 9.52. The zero-order valence-electron chi connectivity index (χ0n) is 34.1. The van der Waals surface area contributed by atoms with Crippen molar-refractivity contribution >= 4 is 54.1 Å². The number of fused-ring (bicyclic) bond motifs is 6. The van der Waals surface area contributed by atoms with Crippen molar-refractivity contribution in [2.75, 3.05) is 0 Å². The second-order valence-corrected chi connectivity index (χ2v) is 12.2. The second kappa shape index (κ2) is 11.1. The quantitative estimate of drug-likeness (QED) is 0.139. The molecule has 228 valence electrons. The normalized spacial score (nSPS) is 14.0. The third kappa shape index (κ3) is 4.33. The zero-order chi connectivity index (χ0) is 39.3. The molecule has 0 radical (unpaired) electrons. The molecule has 0 saturated heterocycles. The van der Waals surface area contributed by atoms with Crippen LogP contribution in [0.15, 0.2) is 186 Å². The molecule has 0 saturated carbocycles. The molecule has 49 heavy (non-hydrogen) atoms. The van der Waals surface area contributed by atoms with E-state index >= 15 is 0 Å². The summed E-state index contributed by atoms with van der Waals surface area (Å²) in [5.74, 6) is 0.408. The van der Waals surface area contributed by atoms with Crippen molar-refractivity contribution in [1.82, 2.24) is 0 Å². The molecule has 0 aliphatic heterocycles. The topological polar surface area (TPSA) is 13.1 Å². The van der Waals surface area contributed by atoms with Gasteiger partial charge in [-0.3, -0.25) is 0 Å². The fraction of sp³-hybridized carbons (Fsp3) is 0. The average molecular weight is 631 g/mol. The largest absolute Gasteiger partial charge is 0.455 e. The molecular weight excluding hydrogens is 593 g/mol. The first-order valence-corrected chi connectivity index (χ1v) is 16.2. The molecule has 0 N–H and O–H groups in total. The standard InChI is InChI=1S/C48H30O/c1-3-14-31(15-4-1)34-27-29-43-44(30-34)49-48(42-25-13-24-36-35-19-8-7-16-32(35)26-28-37(36)42)47(43)46-40-22-11-9-20-38(40)45(33-17-5-2-6-18-33)39-21-10-12-23-41(39)46/h1-30H/i9D,10D,11D,12D,20D,21D,22D,23D. The van der Waals surface area contributed by atoms with Gasteiger partial charge in [0.25, 0.3) is 0 Å². The van der Waals surface area contributed by atoms with E-state index in [9.17, 15) is 5.48 Å². The van der Waals surface area contributed by atoms with Gasteiger partial charge in [0.1, 0.15) is 11.3 Å². The first-order chi connectivity index (χ1) is 27.7. The van der Waals surface area contributed by atoms with Crippen LogP contribution < -0.4 is 0 Å². The highest BCUT2D eigenvalue weighted by molar-refractivity contribution is 6.25. The minimum atomic E-state index is -0.453. The van der Waals surface area contributed by atoms with Gasteiger partial charge in [-0.15, -0.1) is 0 Å². The molecule has 0 fully saturated rings. The van der Waals surface area contributed by atoms with E-state index in [0.29, 0.717) is 33.4 Å². The van der Waals surface area contributed by atoms with Crippen molar-refractivity contribution in [3.8, 4) is 44.7 Å². The molecule has 1 heterocycles. The van der Waals surface area contributed by atoms with Gasteiger partial charge in [-0.2, -0.15) is 0 Å². The molecule has 0 amide bonds. The van der Waals surface area contributed by atoms with E-state index in [4.69, 9.17) is 9.90 Å². The molecule has 0 atom stereocenters. The van der Waals surface area contributed by atoms with Crippen molar-refractivity contribution in [3.63, 3.8) is 0 Å². The van der Waals surface area contributed by atoms with Gasteiger partial charge in [0, 0.05) is 22.1 Å². The fourth-order valence-electron chi connectivity index (χ4n) is 7.35. The van der Waals surface area contributed by atoms with Gasteiger partial charge in [-0.05, 0) is 77.5 Å². The maximum absolute atomic E-state index is 9.56. The Morgan fingerprint density at radius 1 is 0.367 bits per heavy atom. The van der Waals surface area contributed by atoms with Crippen LogP contribution in [-0.4, -0.2) is 0 Å². The zero-order valence-corrected chi connectivity index (χ0v) is 26.1. The summed E-state index contributed by atoms with van der Waals surface area (Å²) in [7, 11) is 0. The molecule has 1 heteroatoms. The summed E-state index contributed by atoms with van der Waals surface area (Å²) in [6.07, 6.45) is 0. The van der Waals surface area contributed by atoms with Crippen LogP contribution in [0.1, 0.15) is 11.0 Å². The van der Waals surface area contributed by atoms with E-state index in [2.05, 4.69) is 24.3 Å². The van der Waals surface area contributed by atoms with Crippen LogP contribution in [0.4, 0.5) is 0 Å². The molecular formula is C48H30O. The SMILES string of the molecule is [2H]c1c([2H])c([2H])c2c(-c3c(-c4cccc5c4ccc4ccccc45)oc4cc(-c5ccccc5)ccc34)c3c([2H])c([2H])c([2H])c([2H])c3c(-c3ccccc3)c2c1[2H]. The van der Waals surface area contributed by atoms with Crippen LogP contribution in [0.3, 0.4) is 0 Å². The Bertz CT molecular complexity index is 3240. The van der Waals surface area contributed by atoms with Gasteiger partial charge in [-0.1, -0.05) is 170 Å². The Labute approximate surface area is 295 Å². The van der Waals surface area contributed by atoms with Crippen LogP contribution in [0.25, 0.3) is 98.8 Å². The molecule has 9 aromatic carbocycles. The number of rotatable bonds is 4. The molecule has 0 unspecified atom stereocenters. The smallest absolute Gasteiger partial charge is 0.143 e. The molecule has 0 aliphatic carbocycles. The Kier molecular flexibility index (Phi) is 4.69. The van der Waals surface area contributed by atoms with Gasteiger partial charge in [-0.25, -0.2) is 0 Å². The summed E-state index contributed by atoms with van der Waals surface area (Å²) >= 11 is 0. The predicted molar refractivity (Wildman–Crippen MR) is 208 cm³/mol. The summed E-state index contributed by atoms with van der Waals surface area (Å²) in [4.78, 5) is 0. The molecule has 10 aromatic rings. The molecule has 1 aromatic heterocycles. The summed E-state index contributed by atoms with van der Waals surface area (Å²) < 4.78 is 80.6. The Hall–Kier alpha value is -6.44. The maximum Gasteiger partial charge on any atom is 0.143 e. The van der Waals surface area contributed by atoms with E-state index in [1.807, 2.05) is 84.9 Å². The minimum absolute atomic E-state index is 0.138. The van der Waals surface area contributed by atoms with Crippen molar-refractivity contribution in [2.45, 2.75) is 0 Å². The Morgan fingerprint density at radius 2 is 0.959 bits per heavy atom. The Balaban J connectivity index is 1.48. The van der Waals surface area contributed by atoms with Gasteiger partial charge < -0.3 is 4.42 Å². The molecule has 0 bridgehead atoms. The maximum atomic E-state index is 9.56. The third-order valence-corrected chi connectivity index (χ3v) is 9.52. The highest BCUT2D eigenvalue weighted by Gasteiger charge is 2.25. The monoisotopic (exact) mass is 630 g/mol. The fourth-order valence-corrected chi connectivity index (χ4v) is 7.35. The van der Waals surface area contributed by atoms with Crippen molar-refractivity contribution in [2.24, 2.45) is 0 Å². The summed E-state index contributed by atoms with van der Waals surface area (Å²) in [5, 5.41) is 5.20. The highest BCUT2D eigenvalue weighted by atomic mass is 16.3. The van der Waals surface area contributed by atoms with Gasteiger partial charge >= 0.3 is 0 Å². The lowest BCUT2D eigenvalue weighted by Crippen LogP contribution is -1.92. The minimum Gasteiger partial charge on any atom is -0.455 e. The van der Waals surface area contributed by atoms with Crippen LogP contribution in [0, 0.1) is 0 Å². The molecule has 0 aliphatic rings. The molecule has 10 rings (SSSR count). The lowest BCUT2D eigenvalue weighted by atomic mass is 9.84. The van der Waals surface area contributed by atoms with E-state index < -0.39 is 24.2 Å². The number of hydrogen-bond acceptors (Lipinski definition) is 1. The van der Waals surface area contributed by atoms with Crippen LogP contribution in [-0.2, 0) is 0 Å². The van der Waals surface area contributed by atoms with Crippen LogP contribution >= 0.6 is 0 Å². The van der Waals surface area contributed by atoms with E-state index in [1.165, 1.54) is 0 Å². The van der Waals surface area contributed by atoms with Crippen LogP contribution in [0.5, 0.6) is 0 Å². The van der Waals surface area contributed by atoms with Crippen molar-refractivity contribution < 1.29 is 15.4 Å². The summed E-state index contributed by atoms with van der Waals surface area (Å²) in [6.45, 7) is 0. The van der Waals surface area contributed by atoms with E-state index in [-0.39, 0.29) is 51.3 Å². The predicted octanol–water partition coefficient (Wildman–Crippen LogP) is 13.7. The molecule has 0 spiro atoms. The summed E-state index contributed by atoms with van der Waals surface area (Å²) in [6, 6.07) is 39.9. The van der Waals surface area contributed by atoms with E-state index in [0.717, 1.165) is 38.2 Å². The molecule has 1 nitrogen and oxygen atoms in total. The number of furan rings is 1. The lowest BCUT2D eigenvalue weighted by molar-refractivity contribution is 0.633. The van der Waals surface area contributed by atoms with Crippen molar-refractivity contribution in [1.29, 1.82) is 0 Å². The van der Waals surface area contributed by atoms with Gasteiger partial charge in [0.15, 0.2) is 0 Å². The average Bonchev–Trinajstić information content (AvgIpc) is 3.63. The summed E-state index contributed by atoms with van der Waals surface area (Å²) in [5.41, 5.74) is 4.68.